The van der Waals surface area contributed by atoms with Crippen molar-refractivity contribution in [1.29, 1.82) is 0 Å². The molecule has 20 heavy (non-hydrogen) atoms. The van der Waals surface area contributed by atoms with Gasteiger partial charge in [0.05, 0.1) is 5.92 Å². The fourth-order valence-corrected chi connectivity index (χ4v) is 2.66. The summed E-state index contributed by atoms with van der Waals surface area (Å²) >= 11 is 0. The monoisotopic (exact) mass is 279 g/mol. The van der Waals surface area contributed by atoms with E-state index in [4.69, 9.17) is 4.74 Å². The maximum absolute atomic E-state index is 12.4. The number of nitrogens with one attached hydrogen (secondary N) is 1. The third-order valence-corrected chi connectivity index (χ3v) is 3.49. The molecule has 1 saturated heterocycles. The van der Waals surface area contributed by atoms with Crippen LogP contribution in [0.25, 0.3) is 0 Å². The van der Waals surface area contributed by atoms with Gasteiger partial charge >= 0.3 is 5.97 Å². The first-order chi connectivity index (χ1) is 9.29. The molecule has 1 aliphatic rings. The van der Waals surface area contributed by atoms with E-state index < -0.39 is 5.60 Å². The van der Waals surface area contributed by atoms with Crippen LogP contribution in [0, 0.1) is 5.92 Å². The Morgan fingerprint density at radius 2 is 2.15 bits per heavy atom. The number of hydrogen-bond acceptors (Lipinski definition) is 4. The first kappa shape index (κ1) is 15.0. The minimum Gasteiger partial charge on any atom is -0.460 e. The average molecular weight is 279 g/mol. The molecule has 2 atom stereocenters. The van der Waals surface area contributed by atoms with Gasteiger partial charge in [-0.15, -0.1) is 0 Å². The molecule has 0 radical (unpaired) electrons. The molecular formula is C15H25N3O2. The summed E-state index contributed by atoms with van der Waals surface area (Å²) in [5.74, 6) is -0.123. The highest BCUT2D eigenvalue weighted by molar-refractivity contribution is 5.75. The van der Waals surface area contributed by atoms with Crippen molar-refractivity contribution in [3.63, 3.8) is 0 Å². The lowest BCUT2D eigenvalue weighted by atomic mass is 9.92. The van der Waals surface area contributed by atoms with Crippen molar-refractivity contribution in [3.05, 3.63) is 18.0 Å². The van der Waals surface area contributed by atoms with Crippen LogP contribution in [0.5, 0.6) is 0 Å². The summed E-state index contributed by atoms with van der Waals surface area (Å²) in [4.78, 5) is 12.4. The smallest absolute Gasteiger partial charge is 0.311 e. The molecule has 1 N–H and O–H groups in total. The van der Waals surface area contributed by atoms with E-state index in [1.54, 1.807) is 6.20 Å². The zero-order valence-electron chi connectivity index (χ0n) is 13.0. The van der Waals surface area contributed by atoms with Crippen LogP contribution in [-0.2, 0) is 9.53 Å². The second kappa shape index (κ2) is 5.56. The van der Waals surface area contributed by atoms with Gasteiger partial charge in [0.1, 0.15) is 5.60 Å². The number of carbonyl (C=O) groups is 1. The van der Waals surface area contributed by atoms with E-state index in [1.165, 1.54) is 0 Å². The largest absolute Gasteiger partial charge is 0.460 e. The van der Waals surface area contributed by atoms with Gasteiger partial charge in [-0.25, -0.2) is 0 Å². The molecule has 0 bridgehead atoms. The number of carbonyl (C=O) groups excluding carboxylic acids is 1. The zero-order valence-corrected chi connectivity index (χ0v) is 13.0. The number of esters is 1. The Morgan fingerprint density at radius 3 is 2.75 bits per heavy atom. The Kier molecular flexibility index (Phi) is 4.18. The van der Waals surface area contributed by atoms with Crippen LogP contribution >= 0.6 is 0 Å². The summed E-state index contributed by atoms with van der Waals surface area (Å²) in [6.45, 7) is 11.4. The van der Waals surface area contributed by atoms with Crippen LogP contribution in [0.2, 0.25) is 0 Å². The molecule has 2 unspecified atom stereocenters. The number of rotatable bonds is 3. The molecule has 5 nitrogen and oxygen atoms in total. The minimum atomic E-state index is -0.442. The maximum Gasteiger partial charge on any atom is 0.311 e. The predicted molar refractivity (Wildman–Crippen MR) is 77.6 cm³/mol. The van der Waals surface area contributed by atoms with Gasteiger partial charge in [0.25, 0.3) is 0 Å². The highest BCUT2D eigenvalue weighted by atomic mass is 16.6. The van der Waals surface area contributed by atoms with Crippen molar-refractivity contribution in [3.8, 4) is 0 Å². The first-order valence-corrected chi connectivity index (χ1v) is 7.26. The van der Waals surface area contributed by atoms with Crippen LogP contribution in [0.3, 0.4) is 0 Å². The topological polar surface area (TPSA) is 56.2 Å². The van der Waals surface area contributed by atoms with Gasteiger partial charge in [-0.3, -0.25) is 9.48 Å². The number of ether oxygens (including phenoxy) is 1. The number of hydrogen-bond donors (Lipinski definition) is 1. The predicted octanol–water partition coefficient (Wildman–Crippen LogP) is 2.11. The molecule has 0 spiro atoms. The molecule has 2 rings (SSSR count). The van der Waals surface area contributed by atoms with Gasteiger partial charge < -0.3 is 10.1 Å². The van der Waals surface area contributed by atoms with Gasteiger partial charge in [-0.05, 0) is 40.7 Å². The highest BCUT2D eigenvalue weighted by Gasteiger charge is 2.38. The Balaban J connectivity index is 2.19. The zero-order chi connectivity index (χ0) is 14.9. The standard InChI is InChI=1S/C15H25N3O2/c1-10(2)18-13(6-7-17-18)11-8-16-9-12(11)14(19)20-15(3,4)5/h6-7,10-12,16H,8-9H2,1-5H3. The van der Waals surface area contributed by atoms with Crippen molar-refractivity contribution in [2.75, 3.05) is 13.1 Å². The van der Waals surface area contributed by atoms with E-state index in [0.29, 0.717) is 12.6 Å². The molecule has 0 amide bonds. The summed E-state index contributed by atoms with van der Waals surface area (Å²) < 4.78 is 7.54. The van der Waals surface area contributed by atoms with Crippen LogP contribution < -0.4 is 5.32 Å². The fraction of sp³-hybridized carbons (Fsp3) is 0.733. The molecule has 1 aromatic heterocycles. The first-order valence-electron chi connectivity index (χ1n) is 7.26. The van der Waals surface area contributed by atoms with Crippen LogP contribution in [0.1, 0.15) is 52.3 Å². The van der Waals surface area contributed by atoms with E-state index in [-0.39, 0.29) is 17.8 Å². The van der Waals surface area contributed by atoms with Crippen LogP contribution in [0.4, 0.5) is 0 Å². The summed E-state index contributed by atoms with van der Waals surface area (Å²) in [6.07, 6.45) is 1.81. The lowest BCUT2D eigenvalue weighted by Crippen LogP contribution is -2.32. The molecule has 1 fully saturated rings. The lowest BCUT2D eigenvalue weighted by molar-refractivity contribution is -0.159. The lowest BCUT2D eigenvalue weighted by Gasteiger charge is -2.25. The maximum atomic E-state index is 12.4. The summed E-state index contributed by atoms with van der Waals surface area (Å²) in [5, 5.41) is 7.67. The Labute approximate surface area is 120 Å². The molecule has 0 aliphatic carbocycles. The van der Waals surface area contributed by atoms with Crippen molar-refractivity contribution < 1.29 is 9.53 Å². The molecule has 1 aromatic rings. The molecule has 2 heterocycles. The normalized spacial score (nSPS) is 23.3. The number of aromatic nitrogens is 2. The molecule has 1 aliphatic heterocycles. The molecule has 112 valence electrons. The van der Waals surface area contributed by atoms with Crippen molar-refractivity contribution in [2.24, 2.45) is 5.92 Å². The van der Waals surface area contributed by atoms with E-state index in [0.717, 1.165) is 12.2 Å². The van der Waals surface area contributed by atoms with Gasteiger partial charge in [0, 0.05) is 36.9 Å². The molecule has 5 heteroatoms. The molecule has 0 saturated carbocycles. The quantitative estimate of drug-likeness (QED) is 0.861. The Morgan fingerprint density at radius 1 is 1.45 bits per heavy atom. The van der Waals surface area contributed by atoms with E-state index >= 15 is 0 Å². The van der Waals surface area contributed by atoms with Crippen molar-refractivity contribution in [2.45, 2.75) is 52.2 Å². The summed E-state index contributed by atoms with van der Waals surface area (Å²) in [5.41, 5.74) is 0.670. The third kappa shape index (κ3) is 3.20. The molecule has 0 aromatic carbocycles. The third-order valence-electron chi connectivity index (χ3n) is 3.49. The van der Waals surface area contributed by atoms with E-state index in [9.17, 15) is 4.79 Å². The van der Waals surface area contributed by atoms with Gasteiger partial charge in [-0.2, -0.15) is 5.10 Å². The van der Waals surface area contributed by atoms with Crippen LogP contribution in [-0.4, -0.2) is 34.4 Å². The van der Waals surface area contributed by atoms with Crippen LogP contribution in [0.15, 0.2) is 12.3 Å². The van der Waals surface area contributed by atoms with Gasteiger partial charge in [0.2, 0.25) is 0 Å². The summed E-state index contributed by atoms with van der Waals surface area (Å²) in [6, 6.07) is 2.30. The van der Waals surface area contributed by atoms with Crippen molar-refractivity contribution in [1.82, 2.24) is 15.1 Å². The summed E-state index contributed by atoms with van der Waals surface area (Å²) in [7, 11) is 0. The second-order valence-corrected chi connectivity index (χ2v) is 6.70. The second-order valence-electron chi connectivity index (χ2n) is 6.70. The Hall–Kier alpha value is -1.36. The number of nitrogens with zero attached hydrogens (tertiary/aromatic N) is 2. The highest BCUT2D eigenvalue weighted by Crippen LogP contribution is 2.31. The SMILES string of the molecule is CC(C)n1nccc1C1CNCC1C(=O)OC(C)(C)C. The van der Waals surface area contributed by atoms with Gasteiger partial charge in [-0.1, -0.05) is 0 Å². The van der Waals surface area contributed by atoms with E-state index in [1.807, 2.05) is 31.5 Å². The van der Waals surface area contributed by atoms with Gasteiger partial charge in [0.15, 0.2) is 0 Å². The average Bonchev–Trinajstić information content (AvgIpc) is 2.95. The molecular weight excluding hydrogens is 254 g/mol. The minimum absolute atomic E-state index is 0.121. The van der Waals surface area contributed by atoms with E-state index in [2.05, 4.69) is 24.3 Å². The Bertz CT molecular complexity index is 474. The van der Waals surface area contributed by atoms with Crippen molar-refractivity contribution >= 4 is 5.97 Å². The fourth-order valence-electron chi connectivity index (χ4n) is 2.66.